The molecule has 22 heavy (non-hydrogen) atoms. The molecule has 2 aliphatic heterocycles. The Morgan fingerprint density at radius 3 is 2.86 bits per heavy atom. The monoisotopic (exact) mass is 296 g/mol. The summed E-state index contributed by atoms with van der Waals surface area (Å²) >= 11 is 0. The minimum atomic E-state index is 0.284. The largest absolute Gasteiger partial charge is 0.294 e. The number of para-hydroxylation sites is 1. The van der Waals surface area contributed by atoms with Gasteiger partial charge in [0.1, 0.15) is 0 Å². The maximum Gasteiger partial charge on any atom is 0.231 e. The number of aromatic nitrogens is 1. The highest BCUT2D eigenvalue weighted by Gasteiger charge is 2.35. The molecule has 0 saturated carbocycles. The molecule has 2 aromatic rings. The normalized spacial score (nSPS) is 22.1. The van der Waals surface area contributed by atoms with E-state index in [-0.39, 0.29) is 5.91 Å². The molecule has 3 heteroatoms. The number of fused-ring (bicyclic) bond motifs is 3. The van der Waals surface area contributed by atoms with E-state index in [9.17, 15) is 4.79 Å². The van der Waals surface area contributed by atoms with E-state index >= 15 is 0 Å². The molecule has 0 saturated heterocycles. The summed E-state index contributed by atoms with van der Waals surface area (Å²) < 4.78 is 2.05. The van der Waals surface area contributed by atoms with Crippen molar-refractivity contribution in [3.63, 3.8) is 0 Å². The second-order valence-corrected chi connectivity index (χ2v) is 7.16. The molecular formula is C19H24N2O. The van der Waals surface area contributed by atoms with Crippen LogP contribution in [-0.4, -0.2) is 28.5 Å². The van der Waals surface area contributed by atoms with Crippen molar-refractivity contribution < 1.29 is 4.79 Å². The first-order valence-electron chi connectivity index (χ1n) is 8.56. The zero-order chi connectivity index (χ0) is 15.3. The summed E-state index contributed by atoms with van der Waals surface area (Å²) in [5, 5.41) is 1.29. The van der Waals surface area contributed by atoms with Gasteiger partial charge in [-0.15, -0.1) is 0 Å². The van der Waals surface area contributed by atoms with Gasteiger partial charge in [0.25, 0.3) is 0 Å². The molecule has 4 rings (SSSR count). The van der Waals surface area contributed by atoms with Gasteiger partial charge in [0.2, 0.25) is 5.91 Å². The molecule has 1 aromatic heterocycles. The highest BCUT2D eigenvalue weighted by molar-refractivity contribution is 5.96. The summed E-state index contributed by atoms with van der Waals surface area (Å²) in [5.41, 5.74) is 3.85. The van der Waals surface area contributed by atoms with Crippen molar-refractivity contribution in [2.75, 3.05) is 13.1 Å². The predicted molar refractivity (Wildman–Crippen MR) is 89.3 cm³/mol. The third-order valence-electron chi connectivity index (χ3n) is 5.14. The molecule has 0 bridgehead atoms. The SMILES string of the molecule is CC(C)CN1CCc2c3n(c4ccccc24)C(=O)CCCC31. The van der Waals surface area contributed by atoms with Crippen LogP contribution in [0.2, 0.25) is 0 Å². The van der Waals surface area contributed by atoms with Gasteiger partial charge in [0.05, 0.1) is 11.6 Å². The van der Waals surface area contributed by atoms with Gasteiger partial charge < -0.3 is 0 Å². The van der Waals surface area contributed by atoms with E-state index in [2.05, 4.69) is 47.6 Å². The van der Waals surface area contributed by atoms with Crippen LogP contribution >= 0.6 is 0 Å². The average Bonchev–Trinajstić information content (AvgIpc) is 2.72. The Bertz CT molecular complexity index is 728. The summed E-state index contributed by atoms with van der Waals surface area (Å²) in [6.45, 7) is 6.82. The summed E-state index contributed by atoms with van der Waals surface area (Å²) in [5.74, 6) is 0.949. The maximum absolute atomic E-state index is 12.7. The van der Waals surface area contributed by atoms with Crippen LogP contribution in [-0.2, 0) is 6.42 Å². The van der Waals surface area contributed by atoms with Gasteiger partial charge in [-0.2, -0.15) is 0 Å². The number of hydrogen-bond acceptors (Lipinski definition) is 2. The highest BCUT2D eigenvalue weighted by Crippen LogP contribution is 2.41. The molecule has 0 fully saturated rings. The molecule has 3 heterocycles. The molecule has 1 atom stereocenters. The fraction of sp³-hybridized carbons (Fsp3) is 0.526. The molecule has 0 N–H and O–H groups in total. The number of benzene rings is 1. The Labute approximate surface area is 131 Å². The third kappa shape index (κ3) is 2.03. The minimum absolute atomic E-state index is 0.284. The van der Waals surface area contributed by atoms with E-state index in [1.807, 2.05) is 0 Å². The smallest absolute Gasteiger partial charge is 0.231 e. The molecule has 1 unspecified atom stereocenters. The van der Waals surface area contributed by atoms with Crippen LogP contribution in [0, 0.1) is 5.92 Å². The Morgan fingerprint density at radius 1 is 1.23 bits per heavy atom. The first kappa shape index (κ1) is 14.0. The van der Waals surface area contributed by atoms with Crippen LogP contribution < -0.4 is 0 Å². The first-order valence-corrected chi connectivity index (χ1v) is 8.56. The minimum Gasteiger partial charge on any atom is -0.294 e. The molecule has 3 nitrogen and oxygen atoms in total. The van der Waals surface area contributed by atoms with Gasteiger partial charge in [-0.25, -0.2) is 0 Å². The Morgan fingerprint density at radius 2 is 2.05 bits per heavy atom. The Balaban J connectivity index is 1.93. The quantitative estimate of drug-likeness (QED) is 0.836. The predicted octanol–water partition coefficient (Wildman–Crippen LogP) is 4.02. The zero-order valence-corrected chi connectivity index (χ0v) is 13.5. The van der Waals surface area contributed by atoms with Gasteiger partial charge in [-0.1, -0.05) is 32.0 Å². The lowest BCUT2D eigenvalue weighted by molar-refractivity contribution is 0.0906. The number of rotatable bonds is 2. The lowest BCUT2D eigenvalue weighted by atomic mass is 9.93. The molecule has 0 aliphatic carbocycles. The Kier molecular flexibility index (Phi) is 3.33. The van der Waals surface area contributed by atoms with Crippen LogP contribution in [0.4, 0.5) is 0 Å². The van der Waals surface area contributed by atoms with E-state index in [1.165, 1.54) is 16.6 Å². The van der Waals surface area contributed by atoms with Crippen LogP contribution in [0.1, 0.15) is 55.2 Å². The topological polar surface area (TPSA) is 25.2 Å². The zero-order valence-electron chi connectivity index (χ0n) is 13.5. The lowest BCUT2D eigenvalue weighted by Crippen LogP contribution is -2.38. The summed E-state index contributed by atoms with van der Waals surface area (Å²) in [7, 11) is 0. The third-order valence-corrected chi connectivity index (χ3v) is 5.14. The summed E-state index contributed by atoms with van der Waals surface area (Å²) in [4.78, 5) is 15.3. The average molecular weight is 296 g/mol. The fourth-order valence-electron chi connectivity index (χ4n) is 4.36. The van der Waals surface area contributed by atoms with Crippen molar-refractivity contribution in [1.82, 2.24) is 9.47 Å². The number of carbonyl (C=O) groups is 1. The maximum atomic E-state index is 12.7. The van der Waals surface area contributed by atoms with Gasteiger partial charge in [-0.05, 0) is 36.8 Å². The fourth-order valence-corrected chi connectivity index (χ4v) is 4.36. The van der Waals surface area contributed by atoms with Crippen LogP contribution in [0.5, 0.6) is 0 Å². The molecule has 2 aliphatic rings. The standard InChI is InChI=1S/C19H24N2O/c1-13(2)12-20-11-10-15-14-6-3-4-7-16(14)21-18(22)9-5-8-17(20)19(15)21/h3-4,6-7,13,17H,5,8-12H2,1-2H3. The molecule has 0 spiro atoms. The summed E-state index contributed by atoms with van der Waals surface area (Å²) in [6.07, 6.45) is 3.87. The van der Waals surface area contributed by atoms with E-state index < -0.39 is 0 Å². The van der Waals surface area contributed by atoms with Gasteiger partial charge in [0, 0.05) is 30.6 Å². The lowest BCUT2D eigenvalue weighted by Gasteiger charge is -2.37. The summed E-state index contributed by atoms with van der Waals surface area (Å²) in [6, 6.07) is 8.87. The second-order valence-electron chi connectivity index (χ2n) is 7.16. The van der Waals surface area contributed by atoms with E-state index in [0.717, 1.165) is 37.9 Å². The molecule has 0 amide bonds. The molecule has 116 valence electrons. The van der Waals surface area contributed by atoms with Crippen LogP contribution in [0.15, 0.2) is 24.3 Å². The van der Waals surface area contributed by atoms with Gasteiger partial charge in [-0.3, -0.25) is 14.3 Å². The van der Waals surface area contributed by atoms with Crippen molar-refractivity contribution in [2.24, 2.45) is 5.92 Å². The van der Waals surface area contributed by atoms with Gasteiger partial charge >= 0.3 is 0 Å². The van der Waals surface area contributed by atoms with E-state index in [4.69, 9.17) is 0 Å². The van der Waals surface area contributed by atoms with Crippen molar-refractivity contribution >= 4 is 16.8 Å². The molecular weight excluding hydrogens is 272 g/mol. The van der Waals surface area contributed by atoms with E-state index in [1.54, 1.807) is 0 Å². The molecule has 0 radical (unpaired) electrons. The highest BCUT2D eigenvalue weighted by atomic mass is 16.2. The van der Waals surface area contributed by atoms with Crippen LogP contribution in [0.25, 0.3) is 10.9 Å². The van der Waals surface area contributed by atoms with Gasteiger partial charge in [0.15, 0.2) is 0 Å². The first-order chi connectivity index (χ1) is 10.7. The Hall–Kier alpha value is -1.61. The van der Waals surface area contributed by atoms with Crippen molar-refractivity contribution in [3.05, 3.63) is 35.5 Å². The molecule has 1 aromatic carbocycles. The van der Waals surface area contributed by atoms with Crippen molar-refractivity contribution in [1.29, 1.82) is 0 Å². The number of carbonyl (C=O) groups excluding carboxylic acids is 1. The van der Waals surface area contributed by atoms with Crippen molar-refractivity contribution in [3.8, 4) is 0 Å². The van der Waals surface area contributed by atoms with Crippen LogP contribution in [0.3, 0.4) is 0 Å². The number of hydrogen-bond donors (Lipinski definition) is 0. The van der Waals surface area contributed by atoms with Crippen molar-refractivity contribution in [2.45, 2.75) is 45.6 Å². The van der Waals surface area contributed by atoms with E-state index in [0.29, 0.717) is 18.4 Å². The number of nitrogens with zero attached hydrogens (tertiary/aromatic N) is 2. The second kappa shape index (κ2) is 5.24.